The average molecular weight is 274 g/mol. The number of carbonyl (C=O) groups excluding carboxylic acids is 1. The van der Waals surface area contributed by atoms with Crippen LogP contribution in [0.5, 0.6) is 0 Å². The number of nitrogens with two attached hydrogens (primary N) is 1. The summed E-state index contributed by atoms with van der Waals surface area (Å²) in [4.78, 5) is 12.2. The van der Waals surface area contributed by atoms with Crippen molar-refractivity contribution in [3.63, 3.8) is 0 Å². The molecule has 0 radical (unpaired) electrons. The largest absolute Gasteiger partial charge is 0.389 e. The second-order valence-electron chi connectivity index (χ2n) is 3.88. The first kappa shape index (κ1) is 13.2. The summed E-state index contributed by atoms with van der Waals surface area (Å²) in [7, 11) is 0. The number of hydrogen-bond acceptors (Lipinski definition) is 2. The first-order valence-corrected chi connectivity index (χ1v) is 5.94. The van der Waals surface area contributed by atoms with Crippen LogP contribution in [0, 0.1) is 5.82 Å². The summed E-state index contributed by atoms with van der Waals surface area (Å²) in [6.07, 6.45) is 0. The molecule has 2 aromatic carbocycles. The Morgan fingerprint density at radius 3 is 2.21 bits per heavy atom. The molecule has 3 N–H and O–H groups in total. The molecule has 0 bridgehead atoms. The van der Waals surface area contributed by atoms with E-state index < -0.39 is 5.82 Å². The van der Waals surface area contributed by atoms with Gasteiger partial charge in [-0.1, -0.05) is 36.5 Å². The molecule has 0 aliphatic rings. The fraction of sp³-hybridized carbons (Fsp3) is 0. The van der Waals surface area contributed by atoms with Crippen molar-refractivity contribution >= 4 is 28.8 Å². The molecular formula is C14H11FN2OS. The molecule has 0 unspecified atom stereocenters. The van der Waals surface area contributed by atoms with Gasteiger partial charge in [0, 0.05) is 11.1 Å². The highest BCUT2D eigenvalue weighted by Gasteiger charge is 2.08. The topological polar surface area (TPSA) is 55.1 Å². The van der Waals surface area contributed by atoms with Gasteiger partial charge in [0.05, 0.1) is 5.69 Å². The lowest BCUT2D eigenvalue weighted by Gasteiger charge is -2.06. The van der Waals surface area contributed by atoms with Crippen LogP contribution in [0.3, 0.4) is 0 Å². The summed E-state index contributed by atoms with van der Waals surface area (Å²) < 4.78 is 13.4. The first-order valence-electron chi connectivity index (χ1n) is 5.53. The van der Waals surface area contributed by atoms with E-state index in [2.05, 4.69) is 5.32 Å². The monoisotopic (exact) mass is 274 g/mol. The van der Waals surface area contributed by atoms with Crippen LogP contribution in [0.1, 0.15) is 15.9 Å². The van der Waals surface area contributed by atoms with Gasteiger partial charge in [0.15, 0.2) is 0 Å². The lowest BCUT2D eigenvalue weighted by Crippen LogP contribution is -2.14. The normalized spacial score (nSPS) is 9.95. The molecule has 0 aliphatic heterocycles. The highest BCUT2D eigenvalue weighted by atomic mass is 32.1. The Morgan fingerprint density at radius 1 is 1.05 bits per heavy atom. The van der Waals surface area contributed by atoms with Gasteiger partial charge in [-0.05, 0) is 24.3 Å². The minimum absolute atomic E-state index is 0.144. The molecule has 96 valence electrons. The molecule has 1 amide bonds. The van der Waals surface area contributed by atoms with Crippen LogP contribution in [0.4, 0.5) is 10.1 Å². The van der Waals surface area contributed by atoms with Crippen molar-refractivity contribution in [2.75, 3.05) is 5.32 Å². The van der Waals surface area contributed by atoms with E-state index in [1.54, 1.807) is 36.4 Å². The van der Waals surface area contributed by atoms with Gasteiger partial charge in [-0.2, -0.15) is 0 Å². The van der Waals surface area contributed by atoms with Crippen molar-refractivity contribution in [1.29, 1.82) is 0 Å². The Balaban J connectivity index is 2.16. The van der Waals surface area contributed by atoms with E-state index in [1.165, 1.54) is 12.1 Å². The van der Waals surface area contributed by atoms with Crippen LogP contribution in [-0.2, 0) is 0 Å². The molecule has 0 spiro atoms. The van der Waals surface area contributed by atoms with Crippen molar-refractivity contribution in [1.82, 2.24) is 0 Å². The van der Waals surface area contributed by atoms with Gasteiger partial charge in [0.25, 0.3) is 5.91 Å². The molecule has 0 heterocycles. The summed E-state index contributed by atoms with van der Waals surface area (Å²) in [5, 5.41) is 2.50. The third kappa shape index (κ3) is 3.14. The van der Waals surface area contributed by atoms with Gasteiger partial charge in [0.1, 0.15) is 10.8 Å². The van der Waals surface area contributed by atoms with Gasteiger partial charge < -0.3 is 11.1 Å². The number of halogens is 1. The van der Waals surface area contributed by atoms with Gasteiger partial charge >= 0.3 is 0 Å². The van der Waals surface area contributed by atoms with Crippen LogP contribution in [0.15, 0.2) is 48.5 Å². The number of thiocarbonyl (C=S) groups is 1. The van der Waals surface area contributed by atoms with E-state index in [0.717, 1.165) is 0 Å². The number of rotatable bonds is 3. The molecule has 0 aliphatic carbocycles. The molecule has 2 rings (SSSR count). The number of anilines is 1. The number of carbonyl (C=O) groups is 1. The van der Waals surface area contributed by atoms with E-state index in [1.807, 2.05) is 0 Å². The van der Waals surface area contributed by atoms with Crippen molar-refractivity contribution in [2.45, 2.75) is 0 Å². The minimum Gasteiger partial charge on any atom is -0.389 e. The molecule has 5 heteroatoms. The molecule has 19 heavy (non-hydrogen) atoms. The lowest BCUT2D eigenvalue weighted by molar-refractivity contribution is 0.102. The van der Waals surface area contributed by atoms with Gasteiger partial charge in [-0.3, -0.25) is 4.79 Å². The van der Waals surface area contributed by atoms with Crippen molar-refractivity contribution in [2.24, 2.45) is 5.73 Å². The van der Waals surface area contributed by atoms with Crippen LogP contribution >= 0.6 is 12.2 Å². The Labute approximate surface area is 115 Å². The highest BCUT2D eigenvalue weighted by molar-refractivity contribution is 7.80. The second-order valence-corrected chi connectivity index (χ2v) is 4.32. The third-order valence-electron chi connectivity index (χ3n) is 2.55. The fourth-order valence-corrected chi connectivity index (χ4v) is 1.68. The average Bonchev–Trinajstić information content (AvgIpc) is 2.41. The fourth-order valence-electron chi connectivity index (χ4n) is 1.54. The van der Waals surface area contributed by atoms with Gasteiger partial charge in [-0.25, -0.2) is 4.39 Å². The maximum atomic E-state index is 13.4. The first-order chi connectivity index (χ1) is 9.08. The summed E-state index contributed by atoms with van der Waals surface area (Å²) in [6, 6.07) is 12.5. The van der Waals surface area contributed by atoms with Crippen molar-refractivity contribution in [3.8, 4) is 0 Å². The molecule has 0 atom stereocenters. The predicted octanol–water partition coefficient (Wildman–Crippen LogP) is 2.71. The van der Waals surface area contributed by atoms with E-state index in [0.29, 0.717) is 11.1 Å². The zero-order chi connectivity index (χ0) is 13.8. The third-order valence-corrected chi connectivity index (χ3v) is 2.79. The summed E-state index contributed by atoms with van der Waals surface area (Å²) in [6.45, 7) is 0. The molecule has 2 aromatic rings. The number of amides is 1. The van der Waals surface area contributed by atoms with Gasteiger partial charge in [0.2, 0.25) is 0 Å². The number of nitrogens with one attached hydrogen (secondary N) is 1. The second kappa shape index (κ2) is 5.58. The Bertz CT molecular complexity index is 626. The molecule has 0 saturated carbocycles. The predicted molar refractivity (Wildman–Crippen MR) is 76.7 cm³/mol. The van der Waals surface area contributed by atoms with Crippen LogP contribution < -0.4 is 11.1 Å². The summed E-state index contributed by atoms with van der Waals surface area (Å²) in [5.41, 5.74) is 6.69. The lowest BCUT2D eigenvalue weighted by atomic mass is 10.1. The maximum Gasteiger partial charge on any atom is 0.255 e. The highest BCUT2D eigenvalue weighted by Crippen LogP contribution is 2.14. The quantitative estimate of drug-likeness (QED) is 0.846. The smallest absolute Gasteiger partial charge is 0.255 e. The van der Waals surface area contributed by atoms with Crippen LogP contribution in [0.2, 0.25) is 0 Å². The van der Waals surface area contributed by atoms with E-state index in [4.69, 9.17) is 18.0 Å². The standard InChI is InChI=1S/C14H11FN2OS/c15-11-3-1-2-4-12(11)17-14(18)10-7-5-9(6-8-10)13(16)19/h1-8H,(H2,16,19)(H,17,18). The Kier molecular flexibility index (Phi) is 3.87. The molecular weight excluding hydrogens is 263 g/mol. The minimum atomic E-state index is -0.476. The summed E-state index contributed by atoms with van der Waals surface area (Å²) in [5.74, 6) is -0.866. The molecule has 0 aromatic heterocycles. The Morgan fingerprint density at radius 2 is 1.63 bits per heavy atom. The molecule has 0 fully saturated rings. The van der Waals surface area contributed by atoms with E-state index in [-0.39, 0.29) is 16.6 Å². The number of benzene rings is 2. The van der Waals surface area contributed by atoms with Crippen molar-refractivity contribution < 1.29 is 9.18 Å². The van der Waals surface area contributed by atoms with Crippen LogP contribution in [0.25, 0.3) is 0 Å². The molecule has 0 saturated heterocycles. The van der Waals surface area contributed by atoms with Gasteiger partial charge in [-0.15, -0.1) is 0 Å². The molecule has 3 nitrogen and oxygen atoms in total. The maximum absolute atomic E-state index is 13.4. The van der Waals surface area contributed by atoms with Crippen molar-refractivity contribution in [3.05, 3.63) is 65.5 Å². The zero-order valence-corrected chi connectivity index (χ0v) is 10.7. The zero-order valence-electron chi connectivity index (χ0n) is 9.89. The Hall–Kier alpha value is -2.27. The van der Waals surface area contributed by atoms with E-state index >= 15 is 0 Å². The number of hydrogen-bond donors (Lipinski definition) is 2. The summed E-state index contributed by atoms with van der Waals surface area (Å²) >= 11 is 4.82. The number of para-hydroxylation sites is 1. The van der Waals surface area contributed by atoms with Crippen LogP contribution in [-0.4, -0.2) is 10.9 Å². The SMILES string of the molecule is NC(=S)c1ccc(C(=O)Nc2ccccc2F)cc1. The van der Waals surface area contributed by atoms with E-state index in [9.17, 15) is 9.18 Å².